The molecule has 0 bridgehead atoms. The molecule has 2 aromatic rings. The zero-order valence-electron chi connectivity index (χ0n) is 17.2. The first-order valence-electron chi connectivity index (χ1n) is 9.20. The molecule has 0 fully saturated rings. The number of benzene rings is 2. The fraction of sp³-hybridized carbons (Fsp3) is 0.364. The highest BCUT2D eigenvalue weighted by Crippen LogP contribution is 2.23. The van der Waals surface area contributed by atoms with E-state index >= 15 is 0 Å². The number of hydrogen-bond donors (Lipinski definition) is 2. The third kappa shape index (κ3) is 6.70. The largest absolute Gasteiger partial charge is 0.497 e. The zero-order chi connectivity index (χ0) is 20.7. The molecular weight excluding hydrogens is 354 g/mol. The standard InChI is InChI=1S/C22H29N3O3/c1-22(2,3)16-6-8-17(9-7-16)23-20(26)14-25(4)15-21(27)24-18-10-12-19(28-5)13-11-18/h6-13H,14-15H2,1-5H3,(H,23,26)(H,24,27). The predicted molar refractivity (Wildman–Crippen MR) is 113 cm³/mol. The molecule has 0 atom stereocenters. The Morgan fingerprint density at radius 1 is 0.857 bits per heavy atom. The topological polar surface area (TPSA) is 70.7 Å². The maximum Gasteiger partial charge on any atom is 0.238 e. The molecule has 28 heavy (non-hydrogen) atoms. The van der Waals surface area contributed by atoms with E-state index in [1.807, 2.05) is 24.3 Å². The molecule has 0 heterocycles. The molecule has 0 aromatic heterocycles. The van der Waals surface area contributed by atoms with Crippen LogP contribution in [0.3, 0.4) is 0 Å². The molecule has 0 saturated heterocycles. The van der Waals surface area contributed by atoms with Crippen molar-refractivity contribution < 1.29 is 14.3 Å². The number of nitrogens with one attached hydrogen (secondary N) is 2. The van der Waals surface area contributed by atoms with E-state index in [4.69, 9.17) is 4.74 Å². The third-order valence-electron chi connectivity index (χ3n) is 4.24. The monoisotopic (exact) mass is 383 g/mol. The molecule has 150 valence electrons. The molecule has 2 N–H and O–H groups in total. The van der Waals surface area contributed by atoms with E-state index in [1.165, 1.54) is 5.56 Å². The molecule has 0 saturated carbocycles. The lowest BCUT2D eigenvalue weighted by Crippen LogP contribution is -2.36. The lowest BCUT2D eigenvalue weighted by molar-refractivity contribution is -0.119. The van der Waals surface area contributed by atoms with Crippen molar-refractivity contribution in [3.63, 3.8) is 0 Å². The van der Waals surface area contributed by atoms with Gasteiger partial charge in [0, 0.05) is 11.4 Å². The molecule has 0 aliphatic carbocycles. The van der Waals surface area contributed by atoms with Gasteiger partial charge in [-0.05, 0) is 54.4 Å². The molecule has 0 aliphatic heterocycles. The number of ether oxygens (including phenoxy) is 1. The molecule has 0 aliphatic rings. The second-order valence-corrected chi connectivity index (χ2v) is 7.82. The van der Waals surface area contributed by atoms with Crippen LogP contribution in [-0.4, -0.2) is 44.0 Å². The molecule has 6 heteroatoms. The van der Waals surface area contributed by atoms with Gasteiger partial charge in [-0.3, -0.25) is 14.5 Å². The highest BCUT2D eigenvalue weighted by atomic mass is 16.5. The van der Waals surface area contributed by atoms with Crippen LogP contribution in [-0.2, 0) is 15.0 Å². The number of rotatable bonds is 7. The van der Waals surface area contributed by atoms with Crippen LogP contribution in [0.4, 0.5) is 11.4 Å². The average molecular weight is 383 g/mol. The Labute approximate surface area is 166 Å². The van der Waals surface area contributed by atoms with Crippen molar-refractivity contribution in [2.75, 3.05) is 37.9 Å². The van der Waals surface area contributed by atoms with Crippen LogP contribution in [0.15, 0.2) is 48.5 Å². The first-order valence-corrected chi connectivity index (χ1v) is 9.20. The molecular formula is C22H29N3O3. The molecule has 0 radical (unpaired) electrons. The quantitative estimate of drug-likeness (QED) is 0.768. The first kappa shape index (κ1) is 21.4. The number of carbonyl (C=O) groups is 2. The molecule has 0 unspecified atom stereocenters. The van der Waals surface area contributed by atoms with Gasteiger partial charge in [0.15, 0.2) is 0 Å². The predicted octanol–water partition coefficient (Wildman–Crippen LogP) is 3.50. The van der Waals surface area contributed by atoms with Gasteiger partial charge in [-0.2, -0.15) is 0 Å². The van der Waals surface area contributed by atoms with Crippen LogP contribution in [0.25, 0.3) is 0 Å². The van der Waals surface area contributed by atoms with Crippen LogP contribution in [0.5, 0.6) is 5.75 Å². The van der Waals surface area contributed by atoms with E-state index in [-0.39, 0.29) is 30.3 Å². The van der Waals surface area contributed by atoms with E-state index < -0.39 is 0 Å². The second-order valence-electron chi connectivity index (χ2n) is 7.82. The Balaban J connectivity index is 1.80. The first-order chi connectivity index (χ1) is 13.2. The highest BCUT2D eigenvalue weighted by Gasteiger charge is 2.14. The number of likely N-dealkylation sites (N-methyl/N-ethyl adjacent to an activating group) is 1. The number of anilines is 2. The van der Waals surface area contributed by atoms with E-state index in [2.05, 4.69) is 31.4 Å². The number of amides is 2. The fourth-order valence-corrected chi connectivity index (χ4v) is 2.68. The van der Waals surface area contributed by atoms with Crippen molar-refractivity contribution in [2.45, 2.75) is 26.2 Å². The molecule has 0 spiro atoms. The van der Waals surface area contributed by atoms with Gasteiger partial charge in [0.2, 0.25) is 11.8 Å². The van der Waals surface area contributed by atoms with Crippen LogP contribution in [0, 0.1) is 0 Å². The zero-order valence-corrected chi connectivity index (χ0v) is 17.2. The molecule has 2 rings (SSSR count). The maximum absolute atomic E-state index is 12.2. The molecule has 6 nitrogen and oxygen atoms in total. The van der Waals surface area contributed by atoms with Crippen molar-refractivity contribution >= 4 is 23.2 Å². The Morgan fingerprint density at radius 2 is 1.29 bits per heavy atom. The summed E-state index contributed by atoms with van der Waals surface area (Å²) in [5, 5.41) is 5.66. The Bertz CT molecular complexity index is 793. The van der Waals surface area contributed by atoms with Crippen LogP contribution < -0.4 is 15.4 Å². The van der Waals surface area contributed by atoms with Crippen molar-refractivity contribution in [1.82, 2.24) is 4.90 Å². The van der Waals surface area contributed by atoms with E-state index in [0.717, 1.165) is 11.4 Å². The van der Waals surface area contributed by atoms with Gasteiger partial charge < -0.3 is 15.4 Å². The number of hydrogen-bond acceptors (Lipinski definition) is 4. The summed E-state index contributed by atoms with van der Waals surface area (Å²) in [4.78, 5) is 26.0. The summed E-state index contributed by atoms with van der Waals surface area (Å²) in [6.07, 6.45) is 0. The summed E-state index contributed by atoms with van der Waals surface area (Å²) < 4.78 is 5.09. The van der Waals surface area contributed by atoms with Crippen molar-refractivity contribution in [2.24, 2.45) is 0 Å². The number of methoxy groups -OCH3 is 1. The minimum absolute atomic E-state index is 0.0694. The summed E-state index contributed by atoms with van der Waals surface area (Å²) in [5.74, 6) is 0.376. The van der Waals surface area contributed by atoms with Gasteiger partial charge in [-0.15, -0.1) is 0 Å². The summed E-state index contributed by atoms with van der Waals surface area (Å²) in [6.45, 7) is 6.67. The lowest BCUT2D eigenvalue weighted by atomic mass is 9.87. The van der Waals surface area contributed by atoms with Crippen molar-refractivity contribution in [3.05, 3.63) is 54.1 Å². The SMILES string of the molecule is COc1ccc(NC(=O)CN(C)CC(=O)Nc2ccc(C(C)(C)C)cc2)cc1. The van der Waals surface area contributed by atoms with E-state index in [9.17, 15) is 9.59 Å². The maximum atomic E-state index is 12.2. The van der Waals surface area contributed by atoms with Crippen LogP contribution in [0.2, 0.25) is 0 Å². The smallest absolute Gasteiger partial charge is 0.238 e. The third-order valence-corrected chi connectivity index (χ3v) is 4.24. The van der Waals surface area contributed by atoms with Crippen LogP contribution >= 0.6 is 0 Å². The van der Waals surface area contributed by atoms with Gasteiger partial charge in [0.1, 0.15) is 5.75 Å². The average Bonchev–Trinajstić information content (AvgIpc) is 2.61. The van der Waals surface area contributed by atoms with Gasteiger partial charge in [-0.25, -0.2) is 0 Å². The summed E-state index contributed by atoms with van der Waals surface area (Å²) >= 11 is 0. The number of nitrogens with zero attached hydrogens (tertiary/aromatic N) is 1. The minimum Gasteiger partial charge on any atom is -0.497 e. The van der Waals surface area contributed by atoms with E-state index in [1.54, 1.807) is 43.3 Å². The van der Waals surface area contributed by atoms with Gasteiger partial charge in [0.05, 0.1) is 20.2 Å². The van der Waals surface area contributed by atoms with Gasteiger partial charge >= 0.3 is 0 Å². The summed E-state index contributed by atoms with van der Waals surface area (Å²) in [5.41, 5.74) is 2.70. The minimum atomic E-state index is -0.185. The van der Waals surface area contributed by atoms with E-state index in [0.29, 0.717) is 5.69 Å². The van der Waals surface area contributed by atoms with Gasteiger partial charge in [-0.1, -0.05) is 32.9 Å². The summed E-state index contributed by atoms with van der Waals surface area (Å²) in [6, 6.07) is 14.9. The highest BCUT2D eigenvalue weighted by molar-refractivity contribution is 5.94. The lowest BCUT2D eigenvalue weighted by Gasteiger charge is -2.19. The summed E-state index contributed by atoms with van der Waals surface area (Å²) in [7, 11) is 3.32. The normalized spacial score (nSPS) is 11.2. The molecule has 2 aromatic carbocycles. The fourth-order valence-electron chi connectivity index (χ4n) is 2.68. The Morgan fingerprint density at radius 3 is 1.68 bits per heavy atom. The van der Waals surface area contributed by atoms with Gasteiger partial charge in [0.25, 0.3) is 0 Å². The van der Waals surface area contributed by atoms with Crippen LogP contribution in [0.1, 0.15) is 26.3 Å². The van der Waals surface area contributed by atoms with Crippen molar-refractivity contribution in [3.8, 4) is 5.75 Å². The Kier molecular flexibility index (Phi) is 7.18. The number of carbonyl (C=O) groups excluding carboxylic acids is 2. The van der Waals surface area contributed by atoms with Crippen molar-refractivity contribution in [1.29, 1.82) is 0 Å². The second kappa shape index (κ2) is 9.37. The Hall–Kier alpha value is -2.86. The molecule has 2 amide bonds.